The third kappa shape index (κ3) is 2.66. The first-order chi connectivity index (χ1) is 10.7. The molecule has 2 aromatic heterocycles. The smallest absolute Gasteiger partial charge is 0.257 e. The average molecular weight is 296 g/mol. The number of furan rings is 1. The Hall–Kier alpha value is -2.81. The molecule has 0 radical (unpaired) electrons. The van der Waals surface area contributed by atoms with E-state index in [1.165, 1.54) is 6.26 Å². The molecule has 0 aromatic carbocycles. The van der Waals surface area contributed by atoms with Crippen molar-refractivity contribution in [2.45, 2.75) is 6.92 Å². The fourth-order valence-electron chi connectivity index (χ4n) is 2.58. The molecular formula is C16H16N4O2. The van der Waals surface area contributed by atoms with Gasteiger partial charge in [-0.25, -0.2) is 4.98 Å². The lowest BCUT2D eigenvalue weighted by atomic mass is 10.2. The minimum Gasteiger partial charge on any atom is -0.469 e. The molecule has 0 unspecified atom stereocenters. The average Bonchev–Trinajstić information content (AvgIpc) is 3.00. The van der Waals surface area contributed by atoms with E-state index in [1.54, 1.807) is 31.3 Å². The number of carbonyl (C=O) groups excluding carboxylic acids is 1. The molecule has 0 N–H and O–H groups in total. The van der Waals surface area contributed by atoms with Crippen LogP contribution in [0, 0.1) is 18.3 Å². The number of pyridine rings is 1. The molecule has 0 atom stereocenters. The number of amides is 1. The zero-order valence-corrected chi connectivity index (χ0v) is 12.3. The molecule has 6 nitrogen and oxygen atoms in total. The van der Waals surface area contributed by atoms with Crippen molar-refractivity contribution in [2.24, 2.45) is 0 Å². The van der Waals surface area contributed by atoms with Gasteiger partial charge in [-0.3, -0.25) is 4.79 Å². The number of aryl methyl sites for hydroxylation is 1. The molecule has 0 spiro atoms. The second-order valence-electron chi connectivity index (χ2n) is 5.18. The van der Waals surface area contributed by atoms with Gasteiger partial charge < -0.3 is 14.2 Å². The van der Waals surface area contributed by atoms with Crippen molar-refractivity contribution in [2.75, 3.05) is 31.1 Å². The summed E-state index contributed by atoms with van der Waals surface area (Å²) in [6, 6.07) is 7.29. The Morgan fingerprint density at radius 1 is 1.32 bits per heavy atom. The summed E-state index contributed by atoms with van der Waals surface area (Å²) in [5.74, 6) is 1.44. The molecule has 0 saturated carbocycles. The van der Waals surface area contributed by atoms with Gasteiger partial charge in [0.15, 0.2) is 0 Å². The number of rotatable bonds is 2. The van der Waals surface area contributed by atoms with Gasteiger partial charge in [0.1, 0.15) is 11.6 Å². The molecule has 112 valence electrons. The quantitative estimate of drug-likeness (QED) is 0.845. The summed E-state index contributed by atoms with van der Waals surface area (Å²) >= 11 is 0. The van der Waals surface area contributed by atoms with Gasteiger partial charge in [-0.15, -0.1) is 0 Å². The fraction of sp³-hybridized carbons (Fsp3) is 0.312. The molecule has 1 aliphatic heterocycles. The molecule has 1 amide bonds. The van der Waals surface area contributed by atoms with Crippen LogP contribution in [0.3, 0.4) is 0 Å². The summed E-state index contributed by atoms with van der Waals surface area (Å²) in [6.45, 7) is 4.44. The first kappa shape index (κ1) is 14.1. The van der Waals surface area contributed by atoms with Crippen LogP contribution < -0.4 is 4.90 Å². The Morgan fingerprint density at radius 3 is 2.73 bits per heavy atom. The SMILES string of the molecule is Cc1occc1C(=O)N1CCN(c2cc(C#N)ccn2)CC1. The Labute approximate surface area is 128 Å². The molecule has 3 heterocycles. The number of hydrogen-bond donors (Lipinski definition) is 0. The van der Waals surface area contributed by atoms with Crippen LogP contribution in [0.1, 0.15) is 21.7 Å². The fourth-order valence-corrected chi connectivity index (χ4v) is 2.58. The van der Waals surface area contributed by atoms with Crippen LogP contribution in [-0.4, -0.2) is 42.0 Å². The molecule has 0 bridgehead atoms. The lowest BCUT2D eigenvalue weighted by Gasteiger charge is -2.35. The van der Waals surface area contributed by atoms with Crippen molar-refractivity contribution in [3.05, 3.63) is 47.5 Å². The normalized spacial score (nSPS) is 14.7. The summed E-state index contributed by atoms with van der Waals surface area (Å²) in [4.78, 5) is 20.6. The number of aromatic nitrogens is 1. The Kier molecular flexibility index (Phi) is 3.79. The maximum absolute atomic E-state index is 12.4. The number of piperazine rings is 1. The highest BCUT2D eigenvalue weighted by Gasteiger charge is 2.24. The van der Waals surface area contributed by atoms with Crippen molar-refractivity contribution in [1.82, 2.24) is 9.88 Å². The highest BCUT2D eigenvalue weighted by molar-refractivity contribution is 5.95. The zero-order chi connectivity index (χ0) is 15.5. The van der Waals surface area contributed by atoms with Gasteiger partial charge in [0.05, 0.1) is 23.5 Å². The number of carbonyl (C=O) groups is 1. The zero-order valence-electron chi connectivity index (χ0n) is 12.3. The van der Waals surface area contributed by atoms with Crippen molar-refractivity contribution in [3.63, 3.8) is 0 Å². The maximum atomic E-state index is 12.4. The molecule has 1 aliphatic rings. The van der Waals surface area contributed by atoms with Crippen molar-refractivity contribution in [1.29, 1.82) is 5.26 Å². The predicted molar refractivity (Wildman–Crippen MR) is 80.5 cm³/mol. The van der Waals surface area contributed by atoms with E-state index in [9.17, 15) is 4.79 Å². The summed E-state index contributed by atoms with van der Waals surface area (Å²) < 4.78 is 5.19. The molecule has 3 rings (SSSR count). The molecule has 2 aromatic rings. The lowest BCUT2D eigenvalue weighted by Crippen LogP contribution is -2.49. The monoisotopic (exact) mass is 296 g/mol. The lowest BCUT2D eigenvalue weighted by molar-refractivity contribution is 0.0744. The number of nitrogens with zero attached hydrogens (tertiary/aromatic N) is 4. The van der Waals surface area contributed by atoms with E-state index < -0.39 is 0 Å². The summed E-state index contributed by atoms with van der Waals surface area (Å²) in [7, 11) is 0. The van der Waals surface area contributed by atoms with Gasteiger partial charge in [0.2, 0.25) is 0 Å². The van der Waals surface area contributed by atoms with Crippen LogP contribution in [0.5, 0.6) is 0 Å². The van der Waals surface area contributed by atoms with Crippen molar-refractivity contribution < 1.29 is 9.21 Å². The van der Waals surface area contributed by atoms with E-state index in [2.05, 4.69) is 16.0 Å². The predicted octanol–water partition coefficient (Wildman–Crippen LogP) is 1.82. The third-order valence-electron chi connectivity index (χ3n) is 3.85. The summed E-state index contributed by atoms with van der Waals surface area (Å²) in [5.41, 5.74) is 1.22. The van der Waals surface area contributed by atoms with Crippen LogP contribution in [0.15, 0.2) is 35.1 Å². The van der Waals surface area contributed by atoms with E-state index >= 15 is 0 Å². The molecule has 1 fully saturated rings. The minimum atomic E-state index is 0.00429. The Bertz CT molecular complexity index is 724. The molecule has 0 aliphatic carbocycles. The minimum absolute atomic E-state index is 0.00429. The second-order valence-corrected chi connectivity index (χ2v) is 5.18. The Balaban J connectivity index is 1.66. The van der Waals surface area contributed by atoms with Gasteiger partial charge >= 0.3 is 0 Å². The first-order valence-electron chi connectivity index (χ1n) is 7.13. The Morgan fingerprint density at radius 2 is 2.09 bits per heavy atom. The molecular weight excluding hydrogens is 280 g/mol. The third-order valence-corrected chi connectivity index (χ3v) is 3.85. The number of anilines is 1. The van der Waals surface area contributed by atoms with Gasteiger partial charge in [-0.05, 0) is 25.1 Å². The topological polar surface area (TPSA) is 73.4 Å². The molecule has 22 heavy (non-hydrogen) atoms. The van der Waals surface area contributed by atoms with Crippen molar-refractivity contribution in [3.8, 4) is 6.07 Å². The molecule has 6 heteroatoms. The van der Waals surface area contributed by atoms with Crippen LogP contribution in [0.2, 0.25) is 0 Å². The number of nitriles is 1. The standard InChI is InChI=1S/C16H16N4O2/c1-12-14(3-9-22-12)16(21)20-7-5-19(6-8-20)15-10-13(11-17)2-4-18-15/h2-4,9-10H,5-8H2,1H3. The summed E-state index contributed by atoms with van der Waals surface area (Å²) in [6.07, 6.45) is 3.18. The van der Waals surface area contributed by atoms with Gasteiger partial charge in [0, 0.05) is 32.4 Å². The van der Waals surface area contributed by atoms with E-state index in [-0.39, 0.29) is 5.91 Å². The van der Waals surface area contributed by atoms with Gasteiger partial charge in [0.25, 0.3) is 5.91 Å². The maximum Gasteiger partial charge on any atom is 0.257 e. The van der Waals surface area contributed by atoms with Crippen LogP contribution in [0.4, 0.5) is 5.82 Å². The van der Waals surface area contributed by atoms with Gasteiger partial charge in [-0.2, -0.15) is 5.26 Å². The second kappa shape index (κ2) is 5.90. The highest BCUT2D eigenvalue weighted by Crippen LogP contribution is 2.17. The highest BCUT2D eigenvalue weighted by atomic mass is 16.3. The molecule has 1 saturated heterocycles. The van der Waals surface area contributed by atoms with E-state index in [4.69, 9.17) is 9.68 Å². The van der Waals surface area contributed by atoms with Crippen LogP contribution in [0.25, 0.3) is 0 Å². The van der Waals surface area contributed by atoms with E-state index in [1.807, 2.05) is 4.90 Å². The van der Waals surface area contributed by atoms with Crippen molar-refractivity contribution >= 4 is 11.7 Å². The van der Waals surface area contributed by atoms with Crippen LogP contribution >= 0.6 is 0 Å². The van der Waals surface area contributed by atoms with E-state index in [0.717, 1.165) is 5.82 Å². The first-order valence-corrected chi connectivity index (χ1v) is 7.13. The van der Waals surface area contributed by atoms with E-state index in [0.29, 0.717) is 43.1 Å². The summed E-state index contributed by atoms with van der Waals surface area (Å²) in [5, 5.41) is 8.95. The largest absolute Gasteiger partial charge is 0.469 e. The van der Waals surface area contributed by atoms with Crippen LogP contribution in [-0.2, 0) is 0 Å². The van der Waals surface area contributed by atoms with Gasteiger partial charge in [-0.1, -0.05) is 0 Å². The number of hydrogen-bond acceptors (Lipinski definition) is 5.